The van der Waals surface area contributed by atoms with Gasteiger partial charge in [-0.05, 0) is 24.3 Å². The molecule has 24 heavy (non-hydrogen) atoms. The van der Waals surface area contributed by atoms with Gasteiger partial charge in [-0.25, -0.2) is 0 Å². The van der Waals surface area contributed by atoms with E-state index in [9.17, 15) is 9.59 Å². The maximum Gasteiger partial charge on any atom is 0.269 e. The lowest BCUT2D eigenvalue weighted by Crippen LogP contribution is -2.34. The van der Waals surface area contributed by atoms with Crippen molar-refractivity contribution in [1.29, 1.82) is 0 Å². The second-order valence-corrected chi connectivity index (χ2v) is 5.49. The number of nitrogens with zero attached hydrogens (tertiary/aromatic N) is 1. The Balaban J connectivity index is 1.84. The number of hydrogen-bond donors (Lipinski definition) is 2. The SMILES string of the molecule is CNC(=O)c1cc(Oc2ccc3c(c2)[C@H](C)[C@H](C(N)=O)O3)ccn1. The number of primary amides is 1. The molecule has 124 valence electrons. The van der Waals surface area contributed by atoms with E-state index in [1.165, 1.54) is 13.2 Å². The third-order valence-electron chi connectivity index (χ3n) is 3.89. The largest absolute Gasteiger partial charge is 0.480 e. The van der Waals surface area contributed by atoms with E-state index in [4.69, 9.17) is 15.2 Å². The highest BCUT2D eigenvalue weighted by atomic mass is 16.5. The van der Waals surface area contributed by atoms with E-state index in [0.717, 1.165) is 5.56 Å². The number of carbonyl (C=O) groups is 2. The van der Waals surface area contributed by atoms with E-state index in [-0.39, 0.29) is 17.5 Å². The van der Waals surface area contributed by atoms with Crippen LogP contribution in [0.25, 0.3) is 0 Å². The standard InChI is InChI=1S/C17H17N3O4/c1-9-12-7-10(3-4-14(12)24-15(9)16(18)21)23-11-5-6-20-13(8-11)17(22)19-2/h3-9,15H,1-2H3,(H2,18,21)(H,19,22)/t9-,15+/m0/s1. The second kappa shape index (κ2) is 6.19. The number of rotatable bonds is 4. The number of nitrogens with two attached hydrogens (primary N) is 1. The minimum atomic E-state index is -0.670. The lowest BCUT2D eigenvalue weighted by Gasteiger charge is -2.10. The molecule has 0 bridgehead atoms. The fourth-order valence-corrected chi connectivity index (χ4v) is 2.62. The molecule has 7 heteroatoms. The van der Waals surface area contributed by atoms with E-state index in [2.05, 4.69) is 10.3 Å². The molecule has 7 nitrogen and oxygen atoms in total. The number of pyridine rings is 1. The smallest absolute Gasteiger partial charge is 0.269 e. The predicted molar refractivity (Wildman–Crippen MR) is 86.2 cm³/mol. The lowest BCUT2D eigenvalue weighted by molar-refractivity contribution is -0.124. The summed E-state index contributed by atoms with van der Waals surface area (Å²) in [6.07, 6.45) is 0.832. The van der Waals surface area contributed by atoms with Gasteiger partial charge in [0, 0.05) is 30.8 Å². The first-order valence-corrected chi connectivity index (χ1v) is 7.45. The highest BCUT2D eigenvalue weighted by Gasteiger charge is 2.35. The van der Waals surface area contributed by atoms with Crippen molar-refractivity contribution in [2.24, 2.45) is 5.73 Å². The molecule has 2 aromatic rings. The maximum atomic E-state index is 11.6. The van der Waals surface area contributed by atoms with Crippen LogP contribution in [0.3, 0.4) is 0 Å². The van der Waals surface area contributed by atoms with E-state index >= 15 is 0 Å². The fourth-order valence-electron chi connectivity index (χ4n) is 2.62. The summed E-state index contributed by atoms with van der Waals surface area (Å²) in [4.78, 5) is 27.0. The van der Waals surface area contributed by atoms with E-state index in [0.29, 0.717) is 17.2 Å². The predicted octanol–water partition coefficient (Wildman–Crippen LogP) is 1.58. The zero-order valence-electron chi connectivity index (χ0n) is 13.3. The number of nitrogens with one attached hydrogen (secondary N) is 1. The molecule has 0 unspecified atom stereocenters. The molecule has 1 aromatic carbocycles. The van der Waals surface area contributed by atoms with Gasteiger partial charge in [-0.15, -0.1) is 0 Å². The first-order chi connectivity index (χ1) is 11.5. The van der Waals surface area contributed by atoms with Gasteiger partial charge < -0.3 is 20.5 Å². The molecule has 2 heterocycles. The third kappa shape index (κ3) is 2.88. The number of hydrogen-bond acceptors (Lipinski definition) is 5. The second-order valence-electron chi connectivity index (χ2n) is 5.49. The van der Waals surface area contributed by atoms with Gasteiger partial charge in [0.1, 0.15) is 22.9 Å². The normalized spacial score (nSPS) is 18.4. The highest BCUT2D eigenvalue weighted by Crippen LogP contribution is 2.40. The van der Waals surface area contributed by atoms with Crippen molar-refractivity contribution < 1.29 is 19.1 Å². The van der Waals surface area contributed by atoms with Crippen LogP contribution in [0, 0.1) is 0 Å². The third-order valence-corrected chi connectivity index (χ3v) is 3.89. The molecule has 0 spiro atoms. The Kier molecular flexibility index (Phi) is 4.07. The van der Waals surface area contributed by atoms with Crippen LogP contribution in [-0.4, -0.2) is 29.9 Å². The van der Waals surface area contributed by atoms with Crippen molar-refractivity contribution in [3.8, 4) is 17.2 Å². The summed E-state index contributed by atoms with van der Waals surface area (Å²) in [7, 11) is 1.54. The van der Waals surface area contributed by atoms with Crippen molar-refractivity contribution in [3.05, 3.63) is 47.8 Å². The Morgan fingerprint density at radius 3 is 2.71 bits per heavy atom. The Morgan fingerprint density at radius 1 is 1.25 bits per heavy atom. The van der Waals surface area contributed by atoms with Crippen LogP contribution in [0.1, 0.15) is 28.9 Å². The summed E-state index contributed by atoms with van der Waals surface area (Å²) in [6.45, 7) is 1.88. The van der Waals surface area contributed by atoms with Gasteiger partial charge in [0.2, 0.25) is 0 Å². The Bertz CT molecular complexity index is 806. The molecule has 0 fully saturated rings. The molecular weight excluding hydrogens is 310 g/mol. The molecule has 1 aliphatic rings. The van der Waals surface area contributed by atoms with Crippen LogP contribution in [0.15, 0.2) is 36.5 Å². The molecule has 0 saturated heterocycles. The van der Waals surface area contributed by atoms with Gasteiger partial charge in [-0.1, -0.05) is 6.92 Å². The van der Waals surface area contributed by atoms with Crippen LogP contribution in [-0.2, 0) is 4.79 Å². The molecule has 0 radical (unpaired) electrons. The molecule has 3 rings (SSSR count). The maximum absolute atomic E-state index is 11.6. The van der Waals surface area contributed by atoms with Crippen LogP contribution in [0.2, 0.25) is 0 Å². The minimum absolute atomic E-state index is 0.153. The van der Waals surface area contributed by atoms with Crippen LogP contribution < -0.4 is 20.5 Å². The molecular formula is C17H17N3O4. The number of benzene rings is 1. The number of ether oxygens (including phenoxy) is 2. The Morgan fingerprint density at radius 2 is 2.00 bits per heavy atom. The summed E-state index contributed by atoms with van der Waals surface area (Å²) in [6, 6.07) is 8.49. The molecule has 0 aliphatic carbocycles. The van der Waals surface area contributed by atoms with Gasteiger partial charge >= 0.3 is 0 Å². The first kappa shape index (κ1) is 15.8. The summed E-state index contributed by atoms with van der Waals surface area (Å²) in [5, 5.41) is 2.51. The number of fused-ring (bicyclic) bond motifs is 1. The van der Waals surface area contributed by atoms with E-state index < -0.39 is 12.0 Å². The lowest BCUT2D eigenvalue weighted by atomic mass is 9.97. The number of carbonyl (C=O) groups excluding carboxylic acids is 2. The van der Waals surface area contributed by atoms with Crippen molar-refractivity contribution in [2.75, 3.05) is 7.05 Å². The van der Waals surface area contributed by atoms with Crippen LogP contribution >= 0.6 is 0 Å². The topological polar surface area (TPSA) is 104 Å². The first-order valence-electron chi connectivity index (χ1n) is 7.45. The molecule has 2 atom stereocenters. The van der Waals surface area contributed by atoms with Gasteiger partial charge in [-0.3, -0.25) is 14.6 Å². The summed E-state index contributed by atoms with van der Waals surface area (Å²) < 4.78 is 11.3. The van der Waals surface area contributed by atoms with E-state index in [1.807, 2.05) is 13.0 Å². The van der Waals surface area contributed by atoms with Crippen molar-refractivity contribution in [1.82, 2.24) is 10.3 Å². The van der Waals surface area contributed by atoms with E-state index in [1.54, 1.807) is 24.3 Å². The highest BCUT2D eigenvalue weighted by molar-refractivity contribution is 5.92. The van der Waals surface area contributed by atoms with Crippen molar-refractivity contribution >= 4 is 11.8 Å². The summed E-state index contributed by atoms with van der Waals surface area (Å²) in [5.74, 6) is 0.746. The van der Waals surface area contributed by atoms with Crippen molar-refractivity contribution in [3.63, 3.8) is 0 Å². The van der Waals surface area contributed by atoms with Crippen LogP contribution in [0.4, 0.5) is 0 Å². The van der Waals surface area contributed by atoms with Crippen LogP contribution in [0.5, 0.6) is 17.2 Å². The average Bonchev–Trinajstić information content (AvgIpc) is 2.91. The number of amides is 2. The molecule has 0 saturated carbocycles. The zero-order chi connectivity index (χ0) is 17.3. The minimum Gasteiger partial charge on any atom is -0.480 e. The van der Waals surface area contributed by atoms with Gasteiger partial charge in [0.05, 0.1) is 0 Å². The summed E-state index contributed by atoms with van der Waals surface area (Å²) in [5.41, 5.74) is 6.47. The monoisotopic (exact) mass is 327 g/mol. The molecule has 1 aliphatic heterocycles. The molecule has 1 aromatic heterocycles. The Labute approximate surface area is 138 Å². The number of aromatic nitrogens is 1. The van der Waals surface area contributed by atoms with Gasteiger partial charge in [0.15, 0.2) is 6.10 Å². The van der Waals surface area contributed by atoms with Gasteiger partial charge in [-0.2, -0.15) is 0 Å². The fraction of sp³-hybridized carbons (Fsp3) is 0.235. The zero-order valence-corrected chi connectivity index (χ0v) is 13.3. The quantitative estimate of drug-likeness (QED) is 0.887. The van der Waals surface area contributed by atoms with Crippen molar-refractivity contribution in [2.45, 2.75) is 18.9 Å². The molecule has 2 amide bonds. The Hall–Kier alpha value is -3.09. The summed E-state index contributed by atoms with van der Waals surface area (Å²) >= 11 is 0. The average molecular weight is 327 g/mol. The molecule has 3 N–H and O–H groups in total. The van der Waals surface area contributed by atoms with Gasteiger partial charge in [0.25, 0.3) is 11.8 Å².